The van der Waals surface area contributed by atoms with Crippen LogP contribution < -0.4 is 9.62 Å². The summed E-state index contributed by atoms with van der Waals surface area (Å²) in [4.78, 5) is 11.8. The Kier molecular flexibility index (Phi) is 5.95. The molecule has 1 aromatic carbocycles. The van der Waals surface area contributed by atoms with Gasteiger partial charge in [0, 0.05) is 30.0 Å². The quantitative estimate of drug-likeness (QED) is 0.791. The fourth-order valence-corrected chi connectivity index (χ4v) is 2.80. The van der Waals surface area contributed by atoms with Crippen LogP contribution in [0.5, 0.6) is 0 Å². The number of halogens is 1. The Morgan fingerprint density at radius 1 is 1.40 bits per heavy atom. The summed E-state index contributed by atoms with van der Waals surface area (Å²) in [5.41, 5.74) is 2.12. The van der Waals surface area contributed by atoms with Gasteiger partial charge >= 0.3 is 0 Å². The number of nitrogens with zero attached hydrogens (tertiary/aromatic N) is 1. The number of furan rings is 1. The summed E-state index contributed by atoms with van der Waals surface area (Å²) >= 11 is 7.73. The predicted octanol–water partition coefficient (Wildman–Crippen LogP) is 4.17. The minimum atomic E-state index is -0.148. The predicted molar refractivity (Wildman–Crippen MR) is 90.8 cm³/mol. The van der Waals surface area contributed by atoms with Crippen LogP contribution in [0.2, 0.25) is 0 Å². The number of rotatable bonds is 2. The summed E-state index contributed by atoms with van der Waals surface area (Å²) in [5, 5.41) is 3.41. The normalized spacial score (nSPS) is 9.95. The van der Waals surface area contributed by atoms with Crippen LogP contribution in [-0.4, -0.2) is 20.0 Å². The highest BCUT2D eigenvalue weighted by molar-refractivity contribution is 9.10. The summed E-state index contributed by atoms with van der Waals surface area (Å²) in [6, 6.07) is 3.73. The molecule has 20 heavy (non-hydrogen) atoms. The van der Waals surface area contributed by atoms with Crippen LogP contribution in [0.3, 0.4) is 0 Å². The van der Waals surface area contributed by atoms with Crippen LogP contribution in [0.25, 0.3) is 11.0 Å². The molecule has 1 aromatic heterocycles. The van der Waals surface area contributed by atoms with E-state index in [0.717, 1.165) is 15.5 Å². The van der Waals surface area contributed by atoms with Crippen molar-refractivity contribution in [1.29, 1.82) is 0 Å². The van der Waals surface area contributed by atoms with Gasteiger partial charge in [-0.25, -0.2) is 0 Å². The minimum absolute atomic E-state index is 0.148. The van der Waals surface area contributed by atoms with Crippen LogP contribution in [0.15, 0.2) is 21.0 Å². The van der Waals surface area contributed by atoms with Crippen molar-refractivity contribution in [1.82, 2.24) is 5.32 Å². The van der Waals surface area contributed by atoms with Gasteiger partial charge in [-0.3, -0.25) is 4.79 Å². The van der Waals surface area contributed by atoms with Crippen LogP contribution in [0.4, 0.5) is 5.69 Å². The molecule has 2 aromatic rings. The highest BCUT2D eigenvalue weighted by Crippen LogP contribution is 2.35. The van der Waals surface area contributed by atoms with Gasteiger partial charge in [0.2, 0.25) is 0 Å². The smallest absolute Gasteiger partial charge is 0.255 e. The summed E-state index contributed by atoms with van der Waals surface area (Å²) in [6.07, 6.45) is 0. The van der Waals surface area contributed by atoms with E-state index in [0.29, 0.717) is 16.9 Å². The molecular formula is C14H19BrN2O2S. The number of hydrogen-bond acceptors (Lipinski definition) is 4. The fraction of sp³-hybridized carbons (Fsp3) is 0.357. The molecule has 0 radical (unpaired) electrons. The Labute approximate surface area is 133 Å². The zero-order chi connectivity index (χ0) is 15.4. The van der Waals surface area contributed by atoms with Gasteiger partial charge in [0.25, 0.3) is 5.91 Å². The molecule has 0 aliphatic carbocycles. The van der Waals surface area contributed by atoms with Crippen molar-refractivity contribution in [3.05, 3.63) is 27.9 Å². The summed E-state index contributed by atoms with van der Waals surface area (Å²) in [7, 11) is 3.43. The van der Waals surface area contributed by atoms with E-state index >= 15 is 0 Å². The van der Waals surface area contributed by atoms with Gasteiger partial charge in [0.1, 0.15) is 11.3 Å². The first-order valence-electron chi connectivity index (χ1n) is 6.33. The SMILES string of the molecule is CC.CNC(=O)c1c(C)oc2cc(N(C)S)c(Br)cc12. The molecule has 1 N–H and O–H groups in total. The average molecular weight is 359 g/mol. The Morgan fingerprint density at radius 3 is 2.50 bits per heavy atom. The highest BCUT2D eigenvalue weighted by atomic mass is 79.9. The Hall–Kier alpha value is -1.14. The lowest BCUT2D eigenvalue weighted by Crippen LogP contribution is -2.18. The molecule has 0 saturated carbocycles. The van der Waals surface area contributed by atoms with E-state index in [2.05, 4.69) is 34.1 Å². The number of fused-ring (bicyclic) bond motifs is 1. The average Bonchev–Trinajstić information content (AvgIpc) is 2.74. The second-order valence-electron chi connectivity index (χ2n) is 3.94. The maximum absolute atomic E-state index is 11.8. The number of thiol groups is 1. The maximum atomic E-state index is 11.8. The van der Waals surface area contributed by atoms with Gasteiger partial charge in [0.15, 0.2) is 0 Å². The summed E-state index contributed by atoms with van der Waals surface area (Å²) < 4.78 is 8.17. The van der Waals surface area contributed by atoms with E-state index in [1.54, 1.807) is 18.3 Å². The minimum Gasteiger partial charge on any atom is -0.460 e. The number of anilines is 1. The third kappa shape index (κ3) is 3.12. The van der Waals surface area contributed by atoms with E-state index in [1.807, 2.05) is 33.0 Å². The second-order valence-corrected chi connectivity index (χ2v) is 5.39. The van der Waals surface area contributed by atoms with E-state index in [-0.39, 0.29) is 5.91 Å². The first kappa shape index (κ1) is 16.9. The van der Waals surface area contributed by atoms with Gasteiger partial charge in [0.05, 0.1) is 11.3 Å². The second kappa shape index (κ2) is 7.04. The van der Waals surface area contributed by atoms with Gasteiger partial charge in [-0.2, -0.15) is 0 Å². The molecule has 0 unspecified atom stereocenters. The maximum Gasteiger partial charge on any atom is 0.255 e. The number of carbonyl (C=O) groups excluding carboxylic acids is 1. The van der Waals surface area contributed by atoms with Crippen molar-refractivity contribution in [3.8, 4) is 0 Å². The zero-order valence-corrected chi connectivity index (χ0v) is 14.7. The molecular weight excluding hydrogens is 340 g/mol. The molecule has 6 heteroatoms. The molecule has 0 saturated heterocycles. The third-order valence-corrected chi connectivity index (χ3v) is 3.59. The molecule has 4 nitrogen and oxygen atoms in total. The van der Waals surface area contributed by atoms with Crippen molar-refractivity contribution in [2.75, 3.05) is 18.4 Å². The Bertz CT molecular complexity index is 623. The highest BCUT2D eigenvalue weighted by Gasteiger charge is 2.19. The molecule has 0 fully saturated rings. The fourth-order valence-electron chi connectivity index (χ4n) is 1.88. The zero-order valence-electron chi connectivity index (χ0n) is 12.2. The molecule has 0 spiro atoms. The van der Waals surface area contributed by atoms with Gasteiger partial charge in [-0.1, -0.05) is 26.7 Å². The molecule has 1 heterocycles. The van der Waals surface area contributed by atoms with Crippen LogP contribution >= 0.6 is 28.7 Å². The van der Waals surface area contributed by atoms with E-state index in [1.165, 1.54) is 0 Å². The number of amides is 1. The molecule has 1 amide bonds. The Morgan fingerprint density at radius 2 is 2.00 bits per heavy atom. The van der Waals surface area contributed by atoms with Gasteiger partial charge in [-0.15, -0.1) is 0 Å². The number of hydrogen-bond donors (Lipinski definition) is 2. The standard InChI is InChI=1S/C12H13BrN2O2S.C2H6/c1-6-11(12(16)14-2)7-4-8(13)9(15(3)18)5-10(7)17-6;1-2/h4-5,18H,1-3H3,(H,14,16);1-2H3. The molecule has 0 atom stereocenters. The van der Waals surface area contributed by atoms with Crippen molar-refractivity contribution >= 4 is 51.3 Å². The van der Waals surface area contributed by atoms with Crippen LogP contribution in [-0.2, 0) is 0 Å². The van der Waals surface area contributed by atoms with Crippen molar-refractivity contribution in [3.63, 3.8) is 0 Å². The number of aryl methyl sites for hydroxylation is 1. The number of carbonyl (C=O) groups is 1. The Balaban J connectivity index is 0.000000956. The summed E-state index contributed by atoms with van der Waals surface area (Å²) in [6.45, 7) is 5.78. The van der Waals surface area contributed by atoms with Crippen molar-refractivity contribution < 1.29 is 9.21 Å². The first-order valence-corrected chi connectivity index (χ1v) is 7.52. The molecule has 0 aliphatic heterocycles. The van der Waals surface area contributed by atoms with Gasteiger partial charge in [-0.05, 0) is 28.9 Å². The van der Waals surface area contributed by atoms with Crippen LogP contribution in [0, 0.1) is 6.92 Å². The van der Waals surface area contributed by atoms with Gasteiger partial charge < -0.3 is 14.0 Å². The molecule has 110 valence electrons. The van der Waals surface area contributed by atoms with E-state index < -0.39 is 0 Å². The molecule has 0 bridgehead atoms. The first-order chi connectivity index (χ1) is 9.45. The number of nitrogens with one attached hydrogen (secondary N) is 1. The van der Waals surface area contributed by atoms with Crippen molar-refractivity contribution in [2.45, 2.75) is 20.8 Å². The topological polar surface area (TPSA) is 45.5 Å². The molecule has 2 rings (SSSR count). The largest absolute Gasteiger partial charge is 0.460 e. The van der Waals surface area contributed by atoms with Crippen LogP contribution in [0.1, 0.15) is 30.0 Å². The summed E-state index contributed by atoms with van der Waals surface area (Å²) in [5.74, 6) is 0.459. The monoisotopic (exact) mass is 358 g/mol. The number of benzene rings is 1. The van der Waals surface area contributed by atoms with Crippen molar-refractivity contribution in [2.24, 2.45) is 0 Å². The lowest BCUT2D eigenvalue weighted by molar-refractivity contribution is 0.0963. The lowest BCUT2D eigenvalue weighted by Gasteiger charge is -2.12. The van der Waals surface area contributed by atoms with E-state index in [9.17, 15) is 4.79 Å². The van der Waals surface area contributed by atoms with E-state index in [4.69, 9.17) is 4.42 Å². The lowest BCUT2D eigenvalue weighted by atomic mass is 10.1. The molecule has 0 aliphatic rings. The third-order valence-electron chi connectivity index (χ3n) is 2.74.